The molecular formula is C12H17NO5S. The molecule has 0 bridgehead atoms. The third-order valence-electron chi connectivity index (χ3n) is 2.74. The molecule has 1 aromatic rings. The van der Waals surface area contributed by atoms with E-state index in [1.54, 1.807) is 13.8 Å². The minimum atomic E-state index is -4.17. The summed E-state index contributed by atoms with van der Waals surface area (Å²) in [4.78, 5) is 0. The van der Waals surface area contributed by atoms with Crippen molar-refractivity contribution in [1.29, 1.82) is 0 Å². The highest BCUT2D eigenvalue weighted by Gasteiger charge is 2.33. The molecule has 0 spiro atoms. The second-order valence-corrected chi connectivity index (χ2v) is 6.04. The zero-order valence-corrected chi connectivity index (χ0v) is 11.6. The number of rotatable bonds is 4. The lowest BCUT2D eigenvalue weighted by molar-refractivity contribution is -0.207. The number of hydrogen-bond acceptors (Lipinski definition) is 4. The van der Waals surface area contributed by atoms with Crippen LogP contribution in [0.15, 0.2) is 24.3 Å². The summed E-state index contributed by atoms with van der Waals surface area (Å²) in [7, 11) is -4.17. The SMILES string of the molecule is CC1(C)Oc2ccccc2C(CCNS(=O)(=O)O)O1. The third kappa shape index (κ3) is 3.90. The zero-order chi connectivity index (χ0) is 14.1. The average molecular weight is 287 g/mol. The van der Waals surface area contributed by atoms with Gasteiger partial charge in [-0.05, 0) is 12.5 Å². The van der Waals surface area contributed by atoms with Crippen molar-refractivity contribution in [1.82, 2.24) is 4.72 Å². The van der Waals surface area contributed by atoms with Crippen LogP contribution in [0, 0.1) is 0 Å². The summed E-state index contributed by atoms with van der Waals surface area (Å²) in [6.45, 7) is 3.69. The number of fused-ring (bicyclic) bond motifs is 1. The molecule has 2 N–H and O–H groups in total. The van der Waals surface area contributed by atoms with Gasteiger partial charge >= 0.3 is 10.3 Å². The summed E-state index contributed by atoms with van der Waals surface area (Å²) in [6, 6.07) is 7.46. The summed E-state index contributed by atoms with van der Waals surface area (Å²) < 4.78 is 43.4. The molecule has 0 aliphatic carbocycles. The van der Waals surface area contributed by atoms with E-state index < -0.39 is 16.1 Å². The number of ether oxygens (including phenoxy) is 2. The molecule has 7 heteroatoms. The van der Waals surface area contributed by atoms with Gasteiger partial charge < -0.3 is 9.47 Å². The second-order valence-electron chi connectivity index (χ2n) is 4.80. The van der Waals surface area contributed by atoms with Crippen LogP contribution in [-0.4, -0.2) is 25.3 Å². The minimum Gasteiger partial charge on any atom is -0.463 e. The Morgan fingerprint density at radius 1 is 1.37 bits per heavy atom. The molecule has 0 fully saturated rings. The molecule has 0 amide bonds. The summed E-state index contributed by atoms with van der Waals surface area (Å²) in [5.74, 6) is -0.0347. The fourth-order valence-corrected chi connectivity index (χ4v) is 2.44. The van der Waals surface area contributed by atoms with Crippen molar-refractivity contribution in [3.05, 3.63) is 29.8 Å². The Balaban J connectivity index is 2.12. The number of benzene rings is 1. The summed E-state index contributed by atoms with van der Waals surface area (Å²) in [5, 5.41) is 0. The number of nitrogens with one attached hydrogen (secondary N) is 1. The smallest absolute Gasteiger partial charge is 0.333 e. The molecule has 106 valence electrons. The molecule has 1 atom stereocenters. The van der Waals surface area contributed by atoms with E-state index >= 15 is 0 Å². The largest absolute Gasteiger partial charge is 0.463 e. The van der Waals surface area contributed by atoms with Gasteiger partial charge in [0.15, 0.2) is 0 Å². The molecule has 1 aromatic carbocycles. The van der Waals surface area contributed by atoms with E-state index in [0.717, 1.165) is 11.3 Å². The van der Waals surface area contributed by atoms with Crippen LogP contribution in [0.2, 0.25) is 0 Å². The molecule has 0 saturated carbocycles. The van der Waals surface area contributed by atoms with Gasteiger partial charge in [-0.3, -0.25) is 4.55 Å². The van der Waals surface area contributed by atoms with E-state index in [1.165, 1.54) is 0 Å². The highest BCUT2D eigenvalue weighted by Crippen LogP contribution is 2.39. The Morgan fingerprint density at radius 3 is 2.74 bits per heavy atom. The maximum Gasteiger partial charge on any atom is 0.333 e. The van der Waals surface area contributed by atoms with E-state index in [0.29, 0.717) is 6.42 Å². The lowest BCUT2D eigenvalue weighted by Crippen LogP contribution is -2.38. The van der Waals surface area contributed by atoms with Gasteiger partial charge in [-0.25, -0.2) is 0 Å². The van der Waals surface area contributed by atoms with E-state index in [1.807, 2.05) is 29.0 Å². The summed E-state index contributed by atoms with van der Waals surface area (Å²) in [6.07, 6.45) is 0.123. The maximum atomic E-state index is 10.6. The van der Waals surface area contributed by atoms with Crippen LogP contribution in [0.5, 0.6) is 5.75 Å². The van der Waals surface area contributed by atoms with Gasteiger partial charge in [0.25, 0.3) is 0 Å². The topological polar surface area (TPSA) is 84.9 Å². The quantitative estimate of drug-likeness (QED) is 0.823. The van der Waals surface area contributed by atoms with E-state index in [9.17, 15) is 8.42 Å². The van der Waals surface area contributed by atoms with Gasteiger partial charge in [0, 0.05) is 26.0 Å². The van der Waals surface area contributed by atoms with Crippen LogP contribution in [0.4, 0.5) is 0 Å². The first-order valence-electron chi connectivity index (χ1n) is 5.95. The predicted molar refractivity (Wildman–Crippen MR) is 69.1 cm³/mol. The van der Waals surface area contributed by atoms with E-state index in [4.69, 9.17) is 14.0 Å². The normalized spacial score (nSPS) is 21.5. The molecular weight excluding hydrogens is 270 g/mol. The monoisotopic (exact) mass is 287 g/mol. The Morgan fingerprint density at radius 2 is 2.05 bits per heavy atom. The van der Waals surface area contributed by atoms with Crippen molar-refractivity contribution in [3.8, 4) is 5.75 Å². The molecule has 1 heterocycles. The molecule has 1 aliphatic rings. The van der Waals surface area contributed by atoms with Gasteiger partial charge in [-0.2, -0.15) is 13.1 Å². The van der Waals surface area contributed by atoms with E-state index in [2.05, 4.69) is 0 Å². The number of para-hydroxylation sites is 1. The standard InChI is InChI=1S/C12H17NO5S/c1-12(2)17-10-6-4-3-5-9(10)11(18-12)7-8-13-19(14,15)16/h3-6,11,13H,7-8H2,1-2H3,(H,14,15,16). The van der Waals surface area contributed by atoms with Crippen LogP contribution in [0.25, 0.3) is 0 Å². The van der Waals surface area contributed by atoms with Gasteiger partial charge in [0.2, 0.25) is 5.79 Å². The zero-order valence-electron chi connectivity index (χ0n) is 10.8. The molecule has 1 unspecified atom stereocenters. The van der Waals surface area contributed by atoms with Crippen LogP contribution in [0.1, 0.15) is 31.9 Å². The lowest BCUT2D eigenvalue weighted by atomic mass is 10.0. The highest BCUT2D eigenvalue weighted by molar-refractivity contribution is 7.83. The second kappa shape index (κ2) is 5.09. The number of hydrogen-bond donors (Lipinski definition) is 2. The van der Waals surface area contributed by atoms with Gasteiger partial charge in [-0.1, -0.05) is 18.2 Å². The molecule has 1 aliphatic heterocycles. The Hall–Kier alpha value is -1.15. The predicted octanol–water partition coefficient (Wildman–Crippen LogP) is 1.66. The molecule has 2 rings (SSSR count). The van der Waals surface area contributed by atoms with Crippen LogP contribution in [0.3, 0.4) is 0 Å². The minimum absolute atomic E-state index is 0.0912. The van der Waals surface area contributed by atoms with Crippen LogP contribution in [-0.2, 0) is 15.0 Å². The Kier molecular flexibility index (Phi) is 3.82. The summed E-state index contributed by atoms with van der Waals surface area (Å²) >= 11 is 0. The Bertz CT molecular complexity index is 555. The van der Waals surface area contributed by atoms with Crippen molar-refractivity contribution in [3.63, 3.8) is 0 Å². The first-order chi connectivity index (χ1) is 8.77. The summed E-state index contributed by atoms with van der Waals surface area (Å²) in [5.41, 5.74) is 0.874. The lowest BCUT2D eigenvalue weighted by Gasteiger charge is -2.37. The highest BCUT2D eigenvalue weighted by atomic mass is 32.2. The molecule has 0 aromatic heterocycles. The van der Waals surface area contributed by atoms with Gasteiger partial charge in [0.05, 0.1) is 6.10 Å². The van der Waals surface area contributed by atoms with Crippen molar-refractivity contribution in [2.75, 3.05) is 6.54 Å². The molecule has 0 radical (unpaired) electrons. The maximum absolute atomic E-state index is 10.6. The third-order valence-corrected chi connectivity index (χ3v) is 3.31. The van der Waals surface area contributed by atoms with Gasteiger partial charge in [-0.15, -0.1) is 0 Å². The first kappa shape index (κ1) is 14.3. The average Bonchev–Trinajstić information content (AvgIpc) is 2.25. The van der Waals surface area contributed by atoms with Crippen LogP contribution < -0.4 is 9.46 Å². The molecule has 19 heavy (non-hydrogen) atoms. The van der Waals surface area contributed by atoms with Crippen molar-refractivity contribution >= 4 is 10.3 Å². The molecule has 6 nitrogen and oxygen atoms in total. The Labute approximate surface area is 112 Å². The van der Waals surface area contributed by atoms with E-state index in [-0.39, 0.29) is 12.6 Å². The van der Waals surface area contributed by atoms with Crippen molar-refractivity contribution in [2.45, 2.75) is 32.2 Å². The first-order valence-corrected chi connectivity index (χ1v) is 7.39. The fourth-order valence-electron chi connectivity index (χ4n) is 2.07. The molecule has 0 saturated heterocycles. The van der Waals surface area contributed by atoms with Gasteiger partial charge in [0.1, 0.15) is 5.75 Å². The van der Waals surface area contributed by atoms with Crippen LogP contribution >= 0.6 is 0 Å². The fraction of sp³-hybridized carbons (Fsp3) is 0.500. The van der Waals surface area contributed by atoms with Crippen molar-refractivity contribution in [2.24, 2.45) is 0 Å². The van der Waals surface area contributed by atoms with Crippen molar-refractivity contribution < 1.29 is 22.4 Å².